The molecule has 0 fully saturated rings. The summed E-state index contributed by atoms with van der Waals surface area (Å²) in [7, 11) is 1.87. The van der Waals surface area contributed by atoms with Gasteiger partial charge in [0.1, 0.15) is 5.58 Å². The van der Waals surface area contributed by atoms with Gasteiger partial charge in [-0.05, 0) is 42.5 Å². The lowest BCUT2D eigenvalue weighted by atomic mass is 10.0. The van der Waals surface area contributed by atoms with Gasteiger partial charge in [-0.15, -0.1) is 0 Å². The largest absolute Gasteiger partial charge is 0.463 e. The van der Waals surface area contributed by atoms with E-state index >= 15 is 0 Å². The van der Waals surface area contributed by atoms with Crippen LogP contribution in [0.2, 0.25) is 0 Å². The summed E-state index contributed by atoms with van der Waals surface area (Å²) in [5, 5.41) is 10.6. The predicted molar refractivity (Wildman–Crippen MR) is 107 cm³/mol. The van der Waals surface area contributed by atoms with E-state index in [0.29, 0.717) is 22.5 Å². The smallest absolute Gasteiger partial charge is 0.259 e. The number of aromatic nitrogens is 2. The first-order valence-electron chi connectivity index (χ1n) is 8.70. The van der Waals surface area contributed by atoms with E-state index in [2.05, 4.69) is 15.7 Å². The average Bonchev–Trinajstić information content (AvgIpc) is 3.31. The highest BCUT2D eigenvalue weighted by molar-refractivity contribution is 6.13. The first-order valence-corrected chi connectivity index (χ1v) is 8.70. The molecule has 0 unspecified atom stereocenters. The van der Waals surface area contributed by atoms with E-state index in [1.54, 1.807) is 47.5 Å². The minimum absolute atomic E-state index is 0.148. The van der Waals surface area contributed by atoms with E-state index in [-0.39, 0.29) is 11.8 Å². The molecular formula is C21H18N4O3. The fourth-order valence-corrected chi connectivity index (χ4v) is 3.14. The highest BCUT2D eigenvalue weighted by Crippen LogP contribution is 2.31. The van der Waals surface area contributed by atoms with Crippen molar-refractivity contribution < 1.29 is 14.0 Å². The van der Waals surface area contributed by atoms with Crippen molar-refractivity contribution in [3.8, 4) is 11.3 Å². The Morgan fingerprint density at radius 1 is 0.964 bits per heavy atom. The van der Waals surface area contributed by atoms with Crippen LogP contribution >= 0.6 is 0 Å². The minimum Gasteiger partial charge on any atom is -0.463 e. The quantitative estimate of drug-likeness (QED) is 0.564. The standard InChI is InChI=1S/C21H18N4O3/c1-13(26)23-14-3-5-15(6-4-14)24-21(27)18-8-7-16(17-10-12-28-20(17)18)19-9-11-22-25(19)2/h3-12H,1-2H3,(H,23,26)(H,24,27). The molecule has 0 aliphatic rings. The molecule has 2 heterocycles. The van der Waals surface area contributed by atoms with Gasteiger partial charge in [0.15, 0.2) is 0 Å². The summed E-state index contributed by atoms with van der Waals surface area (Å²) in [5.74, 6) is -0.422. The Bertz CT molecular complexity index is 1170. The summed E-state index contributed by atoms with van der Waals surface area (Å²) in [5.41, 5.74) is 4.13. The number of aryl methyl sites for hydroxylation is 1. The van der Waals surface area contributed by atoms with E-state index in [9.17, 15) is 9.59 Å². The number of benzene rings is 2. The molecule has 0 aliphatic heterocycles. The van der Waals surface area contributed by atoms with Crippen LogP contribution in [0.1, 0.15) is 17.3 Å². The van der Waals surface area contributed by atoms with Gasteiger partial charge in [-0.25, -0.2) is 0 Å². The van der Waals surface area contributed by atoms with Gasteiger partial charge in [0.05, 0.1) is 17.5 Å². The molecule has 140 valence electrons. The van der Waals surface area contributed by atoms with Crippen LogP contribution in [0, 0.1) is 0 Å². The van der Waals surface area contributed by atoms with Gasteiger partial charge in [-0.2, -0.15) is 5.10 Å². The Hall–Kier alpha value is -3.87. The third-order valence-corrected chi connectivity index (χ3v) is 4.42. The molecular weight excluding hydrogens is 356 g/mol. The zero-order valence-corrected chi connectivity index (χ0v) is 15.4. The molecule has 2 amide bonds. The molecule has 7 heteroatoms. The second-order valence-corrected chi connectivity index (χ2v) is 6.38. The molecule has 2 aromatic carbocycles. The van der Waals surface area contributed by atoms with E-state index in [4.69, 9.17) is 4.42 Å². The number of carbonyl (C=O) groups is 2. The van der Waals surface area contributed by atoms with Crippen molar-refractivity contribution in [2.75, 3.05) is 10.6 Å². The zero-order chi connectivity index (χ0) is 19.7. The molecule has 0 bridgehead atoms. The summed E-state index contributed by atoms with van der Waals surface area (Å²) in [6.07, 6.45) is 3.30. The van der Waals surface area contributed by atoms with E-state index < -0.39 is 0 Å². The summed E-state index contributed by atoms with van der Waals surface area (Å²) in [6.45, 7) is 1.44. The molecule has 0 aliphatic carbocycles. The van der Waals surface area contributed by atoms with Crippen LogP contribution in [0.3, 0.4) is 0 Å². The first kappa shape index (κ1) is 17.5. The summed E-state index contributed by atoms with van der Waals surface area (Å²) >= 11 is 0. The van der Waals surface area contributed by atoms with Crippen LogP contribution < -0.4 is 10.6 Å². The highest BCUT2D eigenvalue weighted by Gasteiger charge is 2.17. The Labute approximate surface area is 161 Å². The average molecular weight is 374 g/mol. The van der Waals surface area contributed by atoms with Crippen LogP contribution in [0.4, 0.5) is 11.4 Å². The molecule has 0 saturated heterocycles. The van der Waals surface area contributed by atoms with Crippen molar-refractivity contribution in [3.05, 3.63) is 66.6 Å². The van der Waals surface area contributed by atoms with Crippen LogP contribution in [-0.4, -0.2) is 21.6 Å². The molecule has 28 heavy (non-hydrogen) atoms. The maximum atomic E-state index is 12.8. The van der Waals surface area contributed by atoms with Gasteiger partial charge in [0.2, 0.25) is 5.91 Å². The monoisotopic (exact) mass is 374 g/mol. The molecule has 7 nitrogen and oxygen atoms in total. The van der Waals surface area contributed by atoms with Crippen molar-refractivity contribution in [2.24, 2.45) is 7.05 Å². The number of rotatable bonds is 4. The molecule has 2 aromatic heterocycles. The molecule has 2 N–H and O–H groups in total. The van der Waals surface area contributed by atoms with Gasteiger partial charge in [-0.3, -0.25) is 14.3 Å². The Morgan fingerprint density at radius 2 is 1.68 bits per heavy atom. The number of amides is 2. The molecule has 0 spiro atoms. The lowest BCUT2D eigenvalue weighted by Crippen LogP contribution is -2.12. The lowest BCUT2D eigenvalue weighted by Gasteiger charge is -2.09. The van der Waals surface area contributed by atoms with E-state index in [1.807, 2.05) is 25.2 Å². The third kappa shape index (κ3) is 3.25. The van der Waals surface area contributed by atoms with Crippen LogP contribution in [0.5, 0.6) is 0 Å². The van der Waals surface area contributed by atoms with Crippen LogP contribution in [0.15, 0.2) is 65.4 Å². The Morgan fingerprint density at radius 3 is 2.32 bits per heavy atom. The lowest BCUT2D eigenvalue weighted by molar-refractivity contribution is -0.114. The number of carbonyl (C=O) groups excluding carboxylic acids is 2. The third-order valence-electron chi connectivity index (χ3n) is 4.42. The van der Waals surface area contributed by atoms with E-state index in [1.165, 1.54) is 6.92 Å². The Balaban J connectivity index is 1.63. The second-order valence-electron chi connectivity index (χ2n) is 6.38. The molecule has 0 atom stereocenters. The maximum absolute atomic E-state index is 12.8. The fourth-order valence-electron chi connectivity index (χ4n) is 3.14. The summed E-state index contributed by atoms with van der Waals surface area (Å²) < 4.78 is 7.39. The normalized spacial score (nSPS) is 10.8. The summed E-state index contributed by atoms with van der Waals surface area (Å²) in [6, 6.07) is 14.3. The minimum atomic E-state index is -0.274. The van der Waals surface area contributed by atoms with Crippen LogP contribution in [0.25, 0.3) is 22.2 Å². The highest BCUT2D eigenvalue weighted by atomic mass is 16.3. The second kappa shape index (κ2) is 7.03. The van der Waals surface area contributed by atoms with Crippen molar-refractivity contribution in [1.29, 1.82) is 0 Å². The zero-order valence-electron chi connectivity index (χ0n) is 15.4. The SMILES string of the molecule is CC(=O)Nc1ccc(NC(=O)c2ccc(-c3ccnn3C)c3ccoc23)cc1. The number of anilines is 2. The molecule has 0 radical (unpaired) electrons. The van der Waals surface area contributed by atoms with Gasteiger partial charge >= 0.3 is 0 Å². The topological polar surface area (TPSA) is 89.2 Å². The van der Waals surface area contributed by atoms with Crippen molar-refractivity contribution in [3.63, 3.8) is 0 Å². The number of hydrogen-bond acceptors (Lipinski definition) is 4. The van der Waals surface area contributed by atoms with Gasteiger partial charge in [0.25, 0.3) is 5.91 Å². The maximum Gasteiger partial charge on any atom is 0.259 e. The number of furan rings is 1. The van der Waals surface area contributed by atoms with Crippen LogP contribution in [-0.2, 0) is 11.8 Å². The van der Waals surface area contributed by atoms with Crippen molar-refractivity contribution in [1.82, 2.24) is 9.78 Å². The van der Waals surface area contributed by atoms with Gasteiger partial charge in [0, 0.05) is 42.5 Å². The molecule has 4 aromatic rings. The molecule has 0 saturated carbocycles. The predicted octanol–water partition coefficient (Wildman–Crippen LogP) is 4.04. The number of fused-ring (bicyclic) bond motifs is 1. The number of nitrogens with one attached hydrogen (secondary N) is 2. The van der Waals surface area contributed by atoms with E-state index in [0.717, 1.165) is 16.6 Å². The number of hydrogen-bond donors (Lipinski definition) is 2. The Kier molecular flexibility index (Phi) is 4.41. The first-order chi connectivity index (χ1) is 13.5. The van der Waals surface area contributed by atoms with Gasteiger partial charge in [-0.1, -0.05) is 6.07 Å². The van der Waals surface area contributed by atoms with Crippen molar-refractivity contribution in [2.45, 2.75) is 6.92 Å². The molecule has 4 rings (SSSR count). The fraction of sp³-hybridized carbons (Fsp3) is 0.0952. The number of nitrogens with zero attached hydrogens (tertiary/aromatic N) is 2. The summed E-state index contributed by atoms with van der Waals surface area (Å²) in [4.78, 5) is 23.9. The van der Waals surface area contributed by atoms with Gasteiger partial charge < -0.3 is 15.1 Å². The van der Waals surface area contributed by atoms with Crippen molar-refractivity contribution >= 4 is 34.2 Å².